The predicted molar refractivity (Wildman–Crippen MR) is 86.2 cm³/mol. The molecule has 1 N–H and O–H groups in total. The van der Waals surface area contributed by atoms with Gasteiger partial charge in [0.1, 0.15) is 11.4 Å². The molecule has 0 aliphatic carbocycles. The summed E-state index contributed by atoms with van der Waals surface area (Å²) in [6, 6.07) is 7.81. The number of ether oxygens (including phenoxy) is 1. The van der Waals surface area contributed by atoms with E-state index in [0.29, 0.717) is 5.69 Å². The lowest BCUT2D eigenvalue weighted by Crippen LogP contribution is -2.23. The van der Waals surface area contributed by atoms with Crippen LogP contribution in [0.4, 0.5) is 0 Å². The molecule has 110 valence electrons. The Morgan fingerprint density at radius 2 is 2.36 bits per heavy atom. The molecule has 0 fully saturated rings. The van der Waals surface area contributed by atoms with E-state index in [-0.39, 0.29) is 12.5 Å². The minimum absolute atomic E-state index is 0.194. The number of hydrogen-bond acceptors (Lipinski definition) is 4. The average molecular weight is 311 g/mol. The SMILES string of the molecule is C#CCNC(=O)c1cn2cc(-c3cccc(OC)c3)sc2n1. The zero-order valence-electron chi connectivity index (χ0n) is 11.9. The zero-order chi connectivity index (χ0) is 15.5. The second-order valence-corrected chi connectivity index (χ2v) is 5.54. The van der Waals surface area contributed by atoms with Crippen LogP contribution in [0.3, 0.4) is 0 Å². The van der Waals surface area contributed by atoms with Crippen LogP contribution in [-0.4, -0.2) is 28.9 Å². The van der Waals surface area contributed by atoms with Gasteiger partial charge in [0.05, 0.1) is 18.5 Å². The van der Waals surface area contributed by atoms with Crippen molar-refractivity contribution in [2.24, 2.45) is 0 Å². The van der Waals surface area contributed by atoms with Gasteiger partial charge in [-0.2, -0.15) is 0 Å². The number of aromatic nitrogens is 2. The van der Waals surface area contributed by atoms with Gasteiger partial charge in [0.2, 0.25) is 0 Å². The van der Waals surface area contributed by atoms with Crippen molar-refractivity contribution in [3.05, 3.63) is 42.4 Å². The molecular weight excluding hydrogens is 298 g/mol. The maximum atomic E-state index is 11.8. The minimum Gasteiger partial charge on any atom is -0.497 e. The highest BCUT2D eigenvalue weighted by Gasteiger charge is 2.13. The first-order chi connectivity index (χ1) is 10.7. The Bertz CT molecular complexity index is 842. The molecule has 5 nitrogen and oxygen atoms in total. The third-order valence-corrected chi connectivity index (χ3v) is 4.14. The largest absolute Gasteiger partial charge is 0.497 e. The molecule has 0 unspecified atom stereocenters. The van der Waals surface area contributed by atoms with Crippen molar-refractivity contribution in [3.8, 4) is 28.5 Å². The van der Waals surface area contributed by atoms with Gasteiger partial charge >= 0.3 is 0 Å². The summed E-state index contributed by atoms with van der Waals surface area (Å²) in [4.78, 5) is 17.9. The number of terminal acetylenes is 1. The van der Waals surface area contributed by atoms with Crippen molar-refractivity contribution in [1.82, 2.24) is 14.7 Å². The van der Waals surface area contributed by atoms with Crippen molar-refractivity contribution in [2.45, 2.75) is 0 Å². The van der Waals surface area contributed by atoms with Crippen LogP contribution >= 0.6 is 11.3 Å². The van der Waals surface area contributed by atoms with Gasteiger partial charge in [-0.25, -0.2) is 4.98 Å². The quantitative estimate of drug-likeness (QED) is 0.753. The molecule has 2 aromatic heterocycles. The number of methoxy groups -OCH3 is 1. The Kier molecular flexibility index (Phi) is 3.81. The summed E-state index contributed by atoms with van der Waals surface area (Å²) in [6.07, 6.45) is 8.76. The number of rotatable bonds is 4. The number of hydrogen-bond donors (Lipinski definition) is 1. The van der Waals surface area contributed by atoms with E-state index >= 15 is 0 Å². The molecular formula is C16H13N3O2S. The van der Waals surface area contributed by atoms with Gasteiger partial charge in [-0.05, 0) is 17.7 Å². The standard InChI is InChI=1S/C16H13N3O2S/c1-3-7-17-15(20)13-9-19-10-14(22-16(19)18-13)11-5-4-6-12(8-11)21-2/h1,4-6,8-10H,7H2,2H3,(H,17,20). The Morgan fingerprint density at radius 3 is 3.09 bits per heavy atom. The Morgan fingerprint density at radius 1 is 1.50 bits per heavy atom. The summed E-state index contributed by atoms with van der Waals surface area (Å²) < 4.78 is 7.07. The van der Waals surface area contributed by atoms with E-state index in [1.807, 2.05) is 34.9 Å². The molecule has 3 aromatic rings. The summed E-state index contributed by atoms with van der Waals surface area (Å²) in [5, 5.41) is 2.60. The number of carbonyl (C=O) groups is 1. The Hall–Kier alpha value is -2.78. The van der Waals surface area contributed by atoms with E-state index in [2.05, 4.69) is 16.2 Å². The van der Waals surface area contributed by atoms with Gasteiger partial charge in [-0.15, -0.1) is 6.42 Å². The van der Waals surface area contributed by atoms with Gasteiger partial charge in [-0.1, -0.05) is 29.4 Å². The fraction of sp³-hybridized carbons (Fsp3) is 0.125. The van der Waals surface area contributed by atoms with Crippen LogP contribution in [0.15, 0.2) is 36.7 Å². The molecule has 2 heterocycles. The molecule has 1 aromatic carbocycles. The fourth-order valence-corrected chi connectivity index (χ4v) is 3.00. The molecule has 1 amide bonds. The third-order valence-electron chi connectivity index (χ3n) is 3.09. The summed E-state index contributed by atoms with van der Waals surface area (Å²) in [5.41, 5.74) is 1.41. The first kappa shape index (κ1) is 14.2. The van der Waals surface area contributed by atoms with E-state index in [0.717, 1.165) is 21.2 Å². The molecule has 0 bridgehead atoms. The van der Waals surface area contributed by atoms with E-state index in [4.69, 9.17) is 11.2 Å². The second kappa shape index (κ2) is 5.92. The number of carbonyl (C=O) groups excluding carboxylic acids is 1. The molecule has 6 heteroatoms. The molecule has 0 saturated carbocycles. The second-order valence-electron chi connectivity index (χ2n) is 4.53. The molecule has 0 spiro atoms. The van der Waals surface area contributed by atoms with E-state index in [1.165, 1.54) is 11.3 Å². The maximum Gasteiger partial charge on any atom is 0.272 e. The lowest BCUT2D eigenvalue weighted by molar-refractivity contribution is 0.0954. The Labute approximate surface area is 131 Å². The van der Waals surface area contributed by atoms with Crippen molar-refractivity contribution < 1.29 is 9.53 Å². The molecule has 22 heavy (non-hydrogen) atoms. The number of fused-ring (bicyclic) bond motifs is 1. The molecule has 0 radical (unpaired) electrons. The van der Waals surface area contributed by atoms with Crippen molar-refractivity contribution in [3.63, 3.8) is 0 Å². The van der Waals surface area contributed by atoms with E-state index in [1.54, 1.807) is 13.3 Å². The van der Waals surface area contributed by atoms with Gasteiger partial charge in [-0.3, -0.25) is 9.20 Å². The van der Waals surface area contributed by atoms with Crippen LogP contribution in [-0.2, 0) is 0 Å². The summed E-state index contributed by atoms with van der Waals surface area (Å²) in [5.74, 6) is 2.90. The first-order valence-electron chi connectivity index (χ1n) is 6.56. The number of thiazole rings is 1. The fourth-order valence-electron chi connectivity index (χ4n) is 2.04. The number of nitrogens with zero attached hydrogens (tertiary/aromatic N) is 2. The smallest absolute Gasteiger partial charge is 0.272 e. The number of benzene rings is 1. The Balaban J connectivity index is 1.90. The summed E-state index contributed by atoms with van der Waals surface area (Å²) in [7, 11) is 1.64. The maximum absolute atomic E-state index is 11.8. The molecule has 0 atom stereocenters. The molecule has 0 aliphatic heterocycles. The number of imidazole rings is 1. The van der Waals surface area contributed by atoms with Crippen LogP contribution in [0.1, 0.15) is 10.5 Å². The lowest BCUT2D eigenvalue weighted by Gasteiger charge is -2.01. The first-order valence-corrected chi connectivity index (χ1v) is 7.37. The van der Waals surface area contributed by atoms with Crippen LogP contribution in [0, 0.1) is 12.3 Å². The van der Waals surface area contributed by atoms with E-state index < -0.39 is 0 Å². The van der Waals surface area contributed by atoms with Crippen molar-refractivity contribution in [2.75, 3.05) is 13.7 Å². The number of amides is 1. The van der Waals surface area contributed by atoms with Gasteiger partial charge in [0.15, 0.2) is 4.96 Å². The highest BCUT2D eigenvalue weighted by Crippen LogP contribution is 2.30. The van der Waals surface area contributed by atoms with Crippen LogP contribution in [0.5, 0.6) is 5.75 Å². The van der Waals surface area contributed by atoms with Crippen LogP contribution in [0.25, 0.3) is 15.4 Å². The molecule has 0 aliphatic rings. The van der Waals surface area contributed by atoms with Crippen LogP contribution in [0.2, 0.25) is 0 Å². The highest BCUT2D eigenvalue weighted by molar-refractivity contribution is 7.20. The number of nitrogens with one attached hydrogen (secondary N) is 1. The highest BCUT2D eigenvalue weighted by atomic mass is 32.1. The van der Waals surface area contributed by atoms with Gasteiger partial charge in [0.25, 0.3) is 5.91 Å². The van der Waals surface area contributed by atoms with Gasteiger partial charge in [0, 0.05) is 12.4 Å². The zero-order valence-corrected chi connectivity index (χ0v) is 12.7. The van der Waals surface area contributed by atoms with Crippen LogP contribution < -0.4 is 10.1 Å². The average Bonchev–Trinajstić information content (AvgIpc) is 3.11. The van der Waals surface area contributed by atoms with Crippen molar-refractivity contribution >= 4 is 22.2 Å². The monoisotopic (exact) mass is 311 g/mol. The van der Waals surface area contributed by atoms with Gasteiger partial charge < -0.3 is 10.1 Å². The lowest BCUT2D eigenvalue weighted by atomic mass is 10.2. The normalized spacial score (nSPS) is 10.4. The van der Waals surface area contributed by atoms with E-state index in [9.17, 15) is 4.79 Å². The summed E-state index contributed by atoms with van der Waals surface area (Å²) in [6.45, 7) is 0.194. The minimum atomic E-state index is -0.267. The predicted octanol–water partition coefficient (Wildman–Crippen LogP) is 2.43. The third kappa shape index (κ3) is 2.67. The summed E-state index contributed by atoms with van der Waals surface area (Å²) >= 11 is 1.51. The van der Waals surface area contributed by atoms with Crippen molar-refractivity contribution in [1.29, 1.82) is 0 Å². The molecule has 0 saturated heterocycles. The topological polar surface area (TPSA) is 55.6 Å². The molecule has 3 rings (SSSR count).